The lowest BCUT2D eigenvalue weighted by atomic mass is 10.1. The number of ether oxygens (including phenoxy) is 2. The van der Waals surface area contributed by atoms with Crippen molar-refractivity contribution in [3.05, 3.63) is 82.4 Å². The molecule has 3 aromatic carbocycles. The molecule has 1 amide bonds. The second-order valence-electron chi connectivity index (χ2n) is 8.31. The molecule has 3 rings (SSSR count). The van der Waals surface area contributed by atoms with Crippen LogP contribution in [-0.4, -0.2) is 40.5 Å². The molecule has 0 aliphatic rings. The van der Waals surface area contributed by atoms with Gasteiger partial charge in [-0.2, -0.15) is 0 Å². The van der Waals surface area contributed by atoms with Gasteiger partial charge in [0.2, 0.25) is 0 Å². The number of benzene rings is 3. The fourth-order valence-corrected chi connectivity index (χ4v) is 5.12. The quantitative estimate of drug-likeness (QED) is 0.503. The number of carbonyl (C=O) groups excluding carboxylic acids is 1. The first-order chi connectivity index (χ1) is 16.0. The Morgan fingerprint density at radius 1 is 0.882 bits per heavy atom. The predicted octanol–water partition coefficient (Wildman–Crippen LogP) is 4.70. The molecule has 8 heteroatoms. The van der Waals surface area contributed by atoms with E-state index in [-0.39, 0.29) is 16.4 Å². The zero-order chi connectivity index (χ0) is 25.0. The summed E-state index contributed by atoms with van der Waals surface area (Å²) in [5.41, 5.74) is 4.08. The van der Waals surface area contributed by atoms with Crippen molar-refractivity contribution >= 4 is 21.6 Å². The number of hydrogen-bond acceptors (Lipinski definition) is 5. The normalized spacial score (nSPS) is 11.1. The van der Waals surface area contributed by atoms with Gasteiger partial charge in [0.15, 0.2) is 11.5 Å². The first kappa shape index (κ1) is 25.1. The number of aryl methyl sites for hydroxylation is 3. The van der Waals surface area contributed by atoms with Crippen LogP contribution >= 0.6 is 0 Å². The second kappa shape index (κ2) is 10.2. The van der Waals surface area contributed by atoms with Crippen molar-refractivity contribution in [3.63, 3.8) is 0 Å². The molecule has 0 saturated carbocycles. The molecule has 0 bridgehead atoms. The second-order valence-corrected chi connectivity index (χ2v) is 9.96. The summed E-state index contributed by atoms with van der Waals surface area (Å²) in [6.45, 7) is 5.83. The Hall–Kier alpha value is -3.52. The first-order valence-electron chi connectivity index (χ1n) is 10.7. The van der Waals surface area contributed by atoms with E-state index < -0.39 is 10.0 Å². The Bertz CT molecular complexity index is 1300. The third-order valence-electron chi connectivity index (χ3n) is 5.41. The molecule has 0 radical (unpaired) electrons. The van der Waals surface area contributed by atoms with Gasteiger partial charge in [0.1, 0.15) is 0 Å². The van der Waals surface area contributed by atoms with Gasteiger partial charge in [0, 0.05) is 24.8 Å². The van der Waals surface area contributed by atoms with Crippen LogP contribution in [0.25, 0.3) is 0 Å². The highest BCUT2D eigenvalue weighted by molar-refractivity contribution is 7.92. The number of nitrogens with zero attached hydrogens (tertiary/aromatic N) is 1. The predicted molar refractivity (Wildman–Crippen MR) is 133 cm³/mol. The van der Waals surface area contributed by atoms with Gasteiger partial charge >= 0.3 is 0 Å². The third kappa shape index (κ3) is 5.69. The van der Waals surface area contributed by atoms with Crippen molar-refractivity contribution in [3.8, 4) is 11.5 Å². The number of nitrogens with one attached hydrogen (secondary N) is 1. The number of amides is 1. The maximum absolute atomic E-state index is 13.1. The molecule has 7 nitrogen and oxygen atoms in total. The zero-order valence-corrected chi connectivity index (χ0v) is 21.1. The van der Waals surface area contributed by atoms with Gasteiger partial charge in [-0.05, 0) is 79.4 Å². The molecule has 1 N–H and O–H groups in total. The van der Waals surface area contributed by atoms with E-state index in [1.807, 2.05) is 26.0 Å². The lowest BCUT2D eigenvalue weighted by Crippen LogP contribution is -2.26. The van der Waals surface area contributed by atoms with Gasteiger partial charge in [-0.15, -0.1) is 0 Å². The van der Waals surface area contributed by atoms with Crippen LogP contribution in [0.5, 0.6) is 11.5 Å². The van der Waals surface area contributed by atoms with Crippen LogP contribution in [0.2, 0.25) is 0 Å². The van der Waals surface area contributed by atoms with E-state index in [2.05, 4.69) is 4.72 Å². The summed E-state index contributed by atoms with van der Waals surface area (Å²) in [5, 5.41) is 0. The Labute approximate surface area is 201 Å². The van der Waals surface area contributed by atoms with Crippen LogP contribution in [0.3, 0.4) is 0 Å². The molecule has 0 aliphatic carbocycles. The van der Waals surface area contributed by atoms with E-state index in [4.69, 9.17) is 9.47 Å². The van der Waals surface area contributed by atoms with Crippen molar-refractivity contribution in [2.24, 2.45) is 0 Å². The molecule has 34 heavy (non-hydrogen) atoms. The number of hydrogen-bond donors (Lipinski definition) is 1. The van der Waals surface area contributed by atoms with Gasteiger partial charge in [-0.1, -0.05) is 18.2 Å². The molecule has 0 fully saturated rings. The van der Waals surface area contributed by atoms with Crippen LogP contribution in [0.15, 0.2) is 59.5 Å². The fourth-order valence-electron chi connectivity index (χ4n) is 3.81. The Morgan fingerprint density at radius 2 is 1.53 bits per heavy atom. The number of sulfonamides is 1. The molecule has 180 valence electrons. The van der Waals surface area contributed by atoms with Gasteiger partial charge in [-0.25, -0.2) is 8.42 Å². The average Bonchev–Trinajstić information content (AvgIpc) is 2.77. The molecule has 0 aromatic heterocycles. The molecule has 0 heterocycles. The summed E-state index contributed by atoms with van der Waals surface area (Å²) in [5.74, 6) is 0.879. The minimum atomic E-state index is -3.89. The fraction of sp³-hybridized carbons (Fsp3) is 0.269. The molecular formula is C26H30N2O5S. The van der Waals surface area contributed by atoms with Crippen LogP contribution < -0.4 is 14.2 Å². The number of methoxy groups -OCH3 is 2. The van der Waals surface area contributed by atoms with Gasteiger partial charge < -0.3 is 14.4 Å². The van der Waals surface area contributed by atoms with Crippen molar-refractivity contribution < 1.29 is 22.7 Å². The van der Waals surface area contributed by atoms with E-state index in [0.29, 0.717) is 29.3 Å². The molecular weight excluding hydrogens is 452 g/mol. The van der Waals surface area contributed by atoms with Crippen molar-refractivity contribution in [2.75, 3.05) is 26.0 Å². The standard InChI is InChI=1S/C26H30N2O5S/c1-17-11-18(2)13-22(12-17)27-34(30,31)25-15-21(9-7-19(25)3)26(29)28(4)16-20-8-10-23(32-5)24(14-20)33-6/h7-15,27H,16H2,1-6H3. The third-order valence-corrected chi connectivity index (χ3v) is 6.94. The number of anilines is 1. The van der Waals surface area contributed by atoms with Gasteiger partial charge in [0.05, 0.1) is 19.1 Å². The van der Waals surface area contributed by atoms with Crippen molar-refractivity contribution in [1.29, 1.82) is 0 Å². The monoisotopic (exact) mass is 482 g/mol. The highest BCUT2D eigenvalue weighted by Crippen LogP contribution is 2.28. The van der Waals surface area contributed by atoms with Crippen LogP contribution in [0.1, 0.15) is 32.6 Å². The molecule has 0 aliphatic heterocycles. The Kier molecular flexibility index (Phi) is 7.51. The van der Waals surface area contributed by atoms with Crippen LogP contribution in [-0.2, 0) is 16.6 Å². The Morgan fingerprint density at radius 3 is 2.15 bits per heavy atom. The largest absolute Gasteiger partial charge is 0.493 e. The van der Waals surface area contributed by atoms with Gasteiger partial charge in [-0.3, -0.25) is 9.52 Å². The summed E-state index contributed by atoms with van der Waals surface area (Å²) in [6, 6.07) is 15.7. The topological polar surface area (TPSA) is 84.9 Å². The van der Waals surface area contributed by atoms with Crippen molar-refractivity contribution in [1.82, 2.24) is 4.90 Å². The summed E-state index contributed by atoms with van der Waals surface area (Å²) in [7, 11) is 0.895. The molecule has 0 atom stereocenters. The van der Waals surface area contributed by atoms with E-state index in [0.717, 1.165) is 16.7 Å². The Balaban J connectivity index is 1.85. The van der Waals surface area contributed by atoms with Crippen LogP contribution in [0, 0.1) is 20.8 Å². The van der Waals surface area contributed by atoms with Gasteiger partial charge in [0.25, 0.3) is 15.9 Å². The van der Waals surface area contributed by atoms with Crippen molar-refractivity contribution in [2.45, 2.75) is 32.2 Å². The number of carbonyl (C=O) groups is 1. The van der Waals surface area contributed by atoms with E-state index in [9.17, 15) is 13.2 Å². The molecule has 0 saturated heterocycles. The van der Waals surface area contributed by atoms with Crippen LogP contribution in [0.4, 0.5) is 5.69 Å². The molecule has 0 unspecified atom stereocenters. The lowest BCUT2D eigenvalue weighted by molar-refractivity contribution is 0.0784. The van der Waals surface area contributed by atoms with E-state index in [1.165, 1.54) is 11.0 Å². The maximum atomic E-state index is 13.1. The summed E-state index contributed by atoms with van der Waals surface area (Å²) in [6.07, 6.45) is 0. The summed E-state index contributed by atoms with van der Waals surface area (Å²) >= 11 is 0. The number of rotatable bonds is 8. The minimum absolute atomic E-state index is 0.0667. The lowest BCUT2D eigenvalue weighted by Gasteiger charge is -2.19. The smallest absolute Gasteiger partial charge is 0.262 e. The molecule has 3 aromatic rings. The first-order valence-corrected chi connectivity index (χ1v) is 12.2. The summed E-state index contributed by atoms with van der Waals surface area (Å²) < 4.78 is 39.5. The van der Waals surface area contributed by atoms with E-state index in [1.54, 1.807) is 64.6 Å². The summed E-state index contributed by atoms with van der Waals surface area (Å²) in [4.78, 5) is 14.7. The molecule has 0 spiro atoms. The minimum Gasteiger partial charge on any atom is -0.493 e. The van der Waals surface area contributed by atoms with E-state index >= 15 is 0 Å². The SMILES string of the molecule is COc1ccc(CN(C)C(=O)c2ccc(C)c(S(=O)(=O)Nc3cc(C)cc(C)c3)c2)cc1OC. The maximum Gasteiger partial charge on any atom is 0.262 e. The highest BCUT2D eigenvalue weighted by atomic mass is 32.2. The highest BCUT2D eigenvalue weighted by Gasteiger charge is 2.21. The average molecular weight is 483 g/mol. The zero-order valence-electron chi connectivity index (χ0n) is 20.3.